The smallest absolute Gasteiger partial charge is 0.293 e. The number of benzene rings is 1. The molecule has 0 aliphatic heterocycles. The molecule has 1 heterocycles. The molecule has 1 N–H and O–H groups in total. The van der Waals surface area contributed by atoms with Gasteiger partial charge in [-0.15, -0.1) is 0 Å². The average Bonchev–Trinajstić information content (AvgIpc) is 3.22. The van der Waals surface area contributed by atoms with Crippen molar-refractivity contribution >= 4 is 17.3 Å². The summed E-state index contributed by atoms with van der Waals surface area (Å²) in [5.41, 5.74) is 0.663. The molecule has 1 aliphatic carbocycles. The number of carbonyl (C=O) groups is 1. The Kier molecular flexibility index (Phi) is 4.24. The summed E-state index contributed by atoms with van der Waals surface area (Å²) in [6, 6.07) is 8.13. The summed E-state index contributed by atoms with van der Waals surface area (Å²) in [5, 5.41) is 14.4. The van der Waals surface area contributed by atoms with Crippen molar-refractivity contribution in [3.05, 3.63) is 58.0 Å². The molecule has 126 valence electrons. The molecule has 1 unspecified atom stereocenters. The zero-order valence-corrected chi connectivity index (χ0v) is 13.6. The Morgan fingerprint density at radius 3 is 2.75 bits per heavy atom. The second kappa shape index (κ2) is 6.35. The Hall–Kier alpha value is -2.83. The first kappa shape index (κ1) is 16.0. The number of carbonyl (C=O) groups excluding carboxylic acids is 1. The minimum atomic E-state index is -0.461. The molecule has 7 nitrogen and oxygen atoms in total. The van der Waals surface area contributed by atoms with Crippen LogP contribution in [-0.4, -0.2) is 28.8 Å². The zero-order chi connectivity index (χ0) is 17.3. The molecule has 0 radical (unpaired) electrons. The Bertz CT molecular complexity index is 753. The topological polar surface area (TPSA) is 88.6 Å². The van der Waals surface area contributed by atoms with Crippen LogP contribution in [0.15, 0.2) is 41.0 Å². The van der Waals surface area contributed by atoms with Crippen LogP contribution in [0.3, 0.4) is 0 Å². The number of hydrogen-bond acceptors (Lipinski definition) is 5. The number of furan rings is 1. The highest BCUT2D eigenvalue weighted by Gasteiger charge is 2.27. The summed E-state index contributed by atoms with van der Waals surface area (Å²) >= 11 is 0. The van der Waals surface area contributed by atoms with Gasteiger partial charge in [0.2, 0.25) is 0 Å². The lowest BCUT2D eigenvalue weighted by atomic mass is 10.1. The van der Waals surface area contributed by atoms with Crippen LogP contribution in [0.4, 0.5) is 11.4 Å². The maximum absolute atomic E-state index is 12.6. The number of amides is 1. The number of anilines is 1. The number of nitrogens with zero attached hydrogens (tertiary/aromatic N) is 2. The third-order valence-electron chi connectivity index (χ3n) is 4.23. The highest BCUT2D eigenvalue weighted by Crippen LogP contribution is 2.32. The average molecular weight is 329 g/mol. The second-order valence-corrected chi connectivity index (χ2v) is 6.02. The van der Waals surface area contributed by atoms with E-state index < -0.39 is 4.92 Å². The van der Waals surface area contributed by atoms with E-state index in [4.69, 9.17) is 4.42 Å². The van der Waals surface area contributed by atoms with Gasteiger partial charge in [0.25, 0.3) is 11.6 Å². The zero-order valence-electron chi connectivity index (χ0n) is 13.6. The van der Waals surface area contributed by atoms with Crippen LogP contribution in [0.5, 0.6) is 0 Å². The third kappa shape index (κ3) is 3.24. The van der Waals surface area contributed by atoms with Gasteiger partial charge in [-0.2, -0.15) is 0 Å². The van der Waals surface area contributed by atoms with E-state index in [2.05, 4.69) is 5.32 Å². The van der Waals surface area contributed by atoms with Crippen molar-refractivity contribution in [1.29, 1.82) is 0 Å². The highest BCUT2D eigenvalue weighted by atomic mass is 16.6. The number of nitrogens with one attached hydrogen (secondary N) is 1. The molecule has 1 amide bonds. The molecule has 0 bridgehead atoms. The summed E-state index contributed by atoms with van der Waals surface area (Å²) in [5.74, 6) is 0.368. The van der Waals surface area contributed by atoms with E-state index in [1.807, 2.05) is 6.92 Å². The van der Waals surface area contributed by atoms with Gasteiger partial charge in [-0.25, -0.2) is 0 Å². The van der Waals surface area contributed by atoms with Crippen molar-refractivity contribution in [3.8, 4) is 0 Å². The lowest BCUT2D eigenvalue weighted by Gasteiger charge is -2.23. The predicted molar refractivity (Wildman–Crippen MR) is 89.0 cm³/mol. The van der Waals surface area contributed by atoms with Gasteiger partial charge in [0.15, 0.2) is 0 Å². The Morgan fingerprint density at radius 1 is 1.42 bits per heavy atom. The molecule has 7 heteroatoms. The third-order valence-corrected chi connectivity index (χ3v) is 4.23. The van der Waals surface area contributed by atoms with Crippen LogP contribution in [0, 0.1) is 10.1 Å². The van der Waals surface area contributed by atoms with E-state index in [9.17, 15) is 14.9 Å². The number of rotatable bonds is 6. The Balaban J connectivity index is 1.83. The summed E-state index contributed by atoms with van der Waals surface area (Å²) in [6.07, 6.45) is 3.58. The summed E-state index contributed by atoms with van der Waals surface area (Å²) in [4.78, 5) is 25.0. The molecule has 1 aliphatic rings. The first-order valence-electron chi connectivity index (χ1n) is 7.83. The predicted octanol–water partition coefficient (Wildman–Crippen LogP) is 3.60. The second-order valence-electron chi connectivity index (χ2n) is 6.02. The molecule has 1 fully saturated rings. The van der Waals surface area contributed by atoms with Gasteiger partial charge in [0.05, 0.1) is 17.2 Å². The van der Waals surface area contributed by atoms with E-state index in [-0.39, 0.29) is 23.2 Å². The van der Waals surface area contributed by atoms with E-state index >= 15 is 0 Å². The monoisotopic (exact) mass is 329 g/mol. The van der Waals surface area contributed by atoms with Crippen LogP contribution < -0.4 is 5.32 Å². The molecule has 1 aromatic heterocycles. The molecule has 3 rings (SSSR count). The van der Waals surface area contributed by atoms with Crippen molar-refractivity contribution in [2.45, 2.75) is 31.8 Å². The summed E-state index contributed by atoms with van der Waals surface area (Å²) in [6.45, 7) is 1.84. The van der Waals surface area contributed by atoms with E-state index in [0.717, 1.165) is 12.8 Å². The largest absolute Gasteiger partial charge is 0.467 e. The van der Waals surface area contributed by atoms with E-state index in [0.29, 0.717) is 17.5 Å². The summed E-state index contributed by atoms with van der Waals surface area (Å²) in [7, 11) is 1.65. The minimum Gasteiger partial charge on any atom is -0.467 e. The van der Waals surface area contributed by atoms with Crippen molar-refractivity contribution in [2.24, 2.45) is 0 Å². The fourth-order valence-corrected chi connectivity index (χ4v) is 2.48. The molecule has 1 saturated carbocycles. The fourth-order valence-electron chi connectivity index (χ4n) is 2.48. The summed E-state index contributed by atoms with van der Waals surface area (Å²) < 4.78 is 5.32. The SMILES string of the molecule is CC(c1ccco1)N(C)C(=O)c1ccc(NC2CC2)c([N+](=O)[O-])c1. The number of nitro groups is 1. The maximum atomic E-state index is 12.6. The maximum Gasteiger partial charge on any atom is 0.293 e. The molecule has 1 aromatic carbocycles. The van der Waals surface area contributed by atoms with Gasteiger partial charge < -0.3 is 14.6 Å². The normalized spacial score (nSPS) is 14.9. The Morgan fingerprint density at radius 2 is 2.17 bits per heavy atom. The molecular weight excluding hydrogens is 310 g/mol. The molecule has 24 heavy (non-hydrogen) atoms. The highest BCUT2D eigenvalue weighted by molar-refractivity contribution is 5.95. The van der Waals surface area contributed by atoms with Crippen molar-refractivity contribution in [2.75, 3.05) is 12.4 Å². The standard InChI is InChI=1S/C17H19N3O4/c1-11(16-4-3-9-24-16)19(2)17(21)12-5-8-14(18-13-6-7-13)15(10-12)20(22)23/h3-5,8-11,13,18H,6-7H2,1-2H3. The van der Waals surface area contributed by atoms with Crippen LogP contribution >= 0.6 is 0 Å². The van der Waals surface area contributed by atoms with Gasteiger partial charge in [-0.1, -0.05) is 0 Å². The molecule has 0 spiro atoms. The lowest BCUT2D eigenvalue weighted by Crippen LogP contribution is -2.29. The molecule has 0 saturated heterocycles. The number of nitro benzene ring substituents is 1. The first-order chi connectivity index (χ1) is 11.5. The molecule has 1 atom stereocenters. The van der Waals surface area contributed by atoms with Gasteiger partial charge >= 0.3 is 0 Å². The van der Waals surface area contributed by atoms with Crippen LogP contribution in [0.25, 0.3) is 0 Å². The van der Waals surface area contributed by atoms with Crippen molar-refractivity contribution < 1.29 is 14.1 Å². The quantitative estimate of drug-likeness (QED) is 0.646. The molecule has 2 aromatic rings. The fraction of sp³-hybridized carbons (Fsp3) is 0.353. The lowest BCUT2D eigenvalue weighted by molar-refractivity contribution is -0.384. The van der Waals surface area contributed by atoms with Gasteiger partial charge in [0.1, 0.15) is 11.4 Å². The molecular formula is C17H19N3O4. The van der Waals surface area contributed by atoms with Crippen LogP contribution in [-0.2, 0) is 0 Å². The first-order valence-corrected chi connectivity index (χ1v) is 7.83. The van der Waals surface area contributed by atoms with Gasteiger partial charge in [0, 0.05) is 24.7 Å². The minimum absolute atomic E-state index is 0.0770. The van der Waals surface area contributed by atoms with Gasteiger partial charge in [-0.05, 0) is 44.0 Å². The van der Waals surface area contributed by atoms with Crippen LogP contribution in [0.2, 0.25) is 0 Å². The van der Waals surface area contributed by atoms with Crippen molar-refractivity contribution in [1.82, 2.24) is 4.90 Å². The van der Waals surface area contributed by atoms with E-state index in [1.165, 1.54) is 11.0 Å². The van der Waals surface area contributed by atoms with Gasteiger partial charge in [-0.3, -0.25) is 14.9 Å². The van der Waals surface area contributed by atoms with E-state index in [1.54, 1.807) is 37.6 Å². The van der Waals surface area contributed by atoms with Crippen LogP contribution in [0.1, 0.15) is 41.9 Å². The number of hydrogen-bond donors (Lipinski definition) is 1. The Labute approximate surface area is 139 Å². The van der Waals surface area contributed by atoms with Crippen molar-refractivity contribution in [3.63, 3.8) is 0 Å².